The number of nitro benzene ring substituents is 1. The average Bonchev–Trinajstić information content (AvgIpc) is 3.43. The van der Waals surface area contributed by atoms with E-state index in [0.29, 0.717) is 17.8 Å². The molecule has 0 atom stereocenters. The number of carbonyl (C=O) groups excluding carboxylic acids is 1. The smallest absolute Gasteiger partial charge is 0.269 e. The highest BCUT2D eigenvalue weighted by Gasteiger charge is 2.19. The molecule has 7 nitrogen and oxygen atoms in total. The summed E-state index contributed by atoms with van der Waals surface area (Å²) in [5.74, 6) is -0.240. The summed E-state index contributed by atoms with van der Waals surface area (Å²) >= 11 is 1.53. The van der Waals surface area contributed by atoms with E-state index in [4.69, 9.17) is 0 Å². The van der Waals surface area contributed by atoms with E-state index in [1.165, 1.54) is 23.5 Å². The van der Waals surface area contributed by atoms with E-state index < -0.39 is 4.92 Å². The number of carbonyl (C=O) groups is 1. The van der Waals surface area contributed by atoms with Crippen molar-refractivity contribution in [1.29, 1.82) is 0 Å². The van der Waals surface area contributed by atoms with Gasteiger partial charge in [-0.1, -0.05) is 48.5 Å². The normalized spacial score (nSPS) is 10.7. The number of thiophene rings is 1. The number of amides is 1. The Hall–Kier alpha value is -3.78. The number of nitro groups is 1. The first kappa shape index (κ1) is 19.5. The molecule has 0 aliphatic rings. The standard InChI is InChI=1S/C22H18N4O3S/c27-22(23-13-16-8-10-18(11-9-16)26(28)29)19-15-25(14-17-5-2-1-3-6-17)24-21(19)20-7-4-12-30-20/h1-12,15H,13-14H2,(H,23,27). The molecule has 1 N–H and O–H groups in total. The van der Waals surface area contributed by atoms with Crippen LogP contribution in [0, 0.1) is 10.1 Å². The fraction of sp³-hybridized carbons (Fsp3) is 0.0909. The van der Waals surface area contributed by atoms with Gasteiger partial charge in [0.2, 0.25) is 0 Å². The SMILES string of the molecule is O=C(NCc1ccc([N+](=O)[O-])cc1)c1cn(Cc2ccccc2)nc1-c1cccs1. The van der Waals surface area contributed by atoms with Crippen LogP contribution in [0.5, 0.6) is 0 Å². The van der Waals surface area contributed by atoms with Crippen molar-refractivity contribution in [3.63, 3.8) is 0 Å². The van der Waals surface area contributed by atoms with Crippen molar-refractivity contribution in [2.75, 3.05) is 0 Å². The zero-order chi connectivity index (χ0) is 20.9. The van der Waals surface area contributed by atoms with Crippen LogP contribution in [0.25, 0.3) is 10.6 Å². The second kappa shape index (κ2) is 8.71. The predicted molar refractivity (Wildman–Crippen MR) is 115 cm³/mol. The molecule has 150 valence electrons. The van der Waals surface area contributed by atoms with Crippen molar-refractivity contribution < 1.29 is 9.72 Å². The molecule has 0 saturated carbocycles. The Labute approximate surface area is 176 Å². The van der Waals surface area contributed by atoms with Crippen LogP contribution >= 0.6 is 11.3 Å². The molecule has 2 aromatic heterocycles. The third-order valence-corrected chi connectivity index (χ3v) is 5.43. The lowest BCUT2D eigenvalue weighted by Gasteiger charge is -2.05. The molecular weight excluding hydrogens is 400 g/mol. The van der Waals surface area contributed by atoms with Crippen molar-refractivity contribution in [3.8, 4) is 10.6 Å². The monoisotopic (exact) mass is 418 g/mol. The van der Waals surface area contributed by atoms with Gasteiger partial charge < -0.3 is 5.32 Å². The number of rotatable bonds is 7. The highest BCUT2D eigenvalue weighted by Crippen LogP contribution is 2.27. The van der Waals surface area contributed by atoms with E-state index in [9.17, 15) is 14.9 Å². The molecule has 0 bridgehead atoms. The summed E-state index contributed by atoms with van der Waals surface area (Å²) in [7, 11) is 0. The lowest BCUT2D eigenvalue weighted by molar-refractivity contribution is -0.384. The number of non-ortho nitro benzene ring substituents is 1. The zero-order valence-electron chi connectivity index (χ0n) is 15.9. The lowest BCUT2D eigenvalue weighted by Crippen LogP contribution is -2.23. The number of benzene rings is 2. The largest absolute Gasteiger partial charge is 0.348 e. The summed E-state index contributed by atoms with van der Waals surface area (Å²) in [5, 5.41) is 20.3. The minimum Gasteiger partial charge on any atom is -0.348 e. The first-order chi connectivity index (χ1) is 14.6. The lowest BCUT2D eigenvalue weighted by atomic mass is 10.2. The van der Waals surface area contributed by atoms with Crippen molar-refractivity contribution in [2.24, 2.45) is 0 Å². The Morgan fingerprint density at radius 1 is 1.03 bits per heavy atom. The number of hydrogen-bond acceptors (Lipinski definition) is 5. The van der Waals surface area contributed by atoms with Gasteiger partial charge in [-0.2, -0.15) is 5.10 Å². The van der Waals surface area contributed by atoms with Gasteiger partial charge in [-0.3, -0.25) is 19.6 Å². The molecule has 2 aromatic carbocycles. The van der Waals surface area contributed by atoms with Crippen molar-refractivity contribution >= 4 is 22.9 Å². The third-order valence-electron chi connectivity index (χ3n) is 4.55. The zero-order valence-corrected chi connectivity index (χ0v) is 16.7. The molecule has 0 aliphatic carbocycles. The van der Waals surface area contributed by atoms with Crippen LogP contribution < -0.4 is 5.32 Å². The highest BCUT2D eigenvalue weighted by molar-refractivity contribution is 7.13. The predicted octanol–water partition coefficient (Wildman–Crippen LogP) is 4.50. The topological polar surface area (TPSA) is 90.1 Å². The summed E-state index contributed by atoms with van der Waals surface area (Å²) in [6, 6.07) is 19.9. The second-order valence-corrected chi connectivity index (χ2v) is 7.61. The van der Waals surface area contributed by atoms with E-state index in [1.807, 2.05) is 47.8 Å². The molecule has 4 rings (SSSR count). The Kier molecular flexibility index (Phi) is 5.67. The Balaban J connectivity index is 1.54. The average molecular weight is 418 g/mol. The Bertz CT molecular complexity index is 1150. The van der Waals surface area contributed by atoms with Gasteiger partial charge >= 0.3 is 0 Å². The molecule has 0 aliphatic heterocycles. The fourth-order valence-corrected chi connectivity index (χ4v) is 3.77. The van der Waals surface area contributed by atoms with Crippen LogP contribution in [-0.2, 0) is 13.1 Å². The van der Waals surface area contributed by atoms with Crippen molar-refractivity contribution in [2.45, 2.75) is 13.1 Å². The van der Waals surface area contributed by atoms with Gasteiger partial charge in [0, 0.05) is 24.9 Å². The number of nitrogens with one attached hydrogen (secondary N) is 1. The van der Waals surface area contributed by atoms with E-state index in [2.05, 4.69) is 10.4 Å². The van der Waals surface area contributed by atoms with Gasteiger partial charge in [-0.15, -0.1) is 11.3 Å². The van der Waals surface area contributed by atoms with Crippen molar-refractivity contribution in [1.82, 2.24) is 15.1 Å². The van der Waals surface area contributed by atoms with Crippen molar-refractivity contribution in [3.05, 3.63) is 105 Å². The van der Waals surface area contributed by atoms with Crippen LogP contribution in [0.4, 0.5) is 5.69 Å². The van der Waals surface area contributed by atoms with Crippen LogP contribution in [0.15, 0.2) is 78.3 Å². The maximum Gasteiger partial charge on any atom is 0.269 e. The van der Waals surface area contributed by atoms with Crippen LogP contribution in [0.3, 0.4) is 0 Å². The second-order valence-electron chi connectivity index (χ2n) is 6.66. The fourth-order valence-electron chi connectivity index (χ4n) is 3.05. The molecule has 0 saturated heterocycles. The van der Waals surface area contributed by atoms with Gasteiger partial charge in [-0.25, -0.2) is 0 Å². The van der Waals surface area contributed by atoms with Crippen LogP contribution in [-0.4, -0.2) is 20.6 Å². The summed E-state index contributed by atoms with van der Waals surface area (Å²) in [6.07, 6.45) is 1.76. The Morgan fingerprint density at radius 2 is 1.80 bits per heavy atom. The summed E-state index contributed by atoms with van der Waals surface area (Å²) in [4.78, 5) is 24.2. The molecule has 0 fully saturated rings. The number of aromatic nitrogens is 2. The molecule has 0 radical (unpaired) electrons. The molecule has 0 spiro atoms. The minimum atomic E-state index is -0.448. The van der Waals surface area contributed by atoms with Gasteiger partial charge in [0.05, 0.1) is 21.9 Å². The molecule has 8 heteroatoms. The number of hydrogen-bond donors (Lipinski definition) is 1. The third kappa shape index (κ3) is 4.44. The molecule has 30 heavy (non-hydrogen) atoms. The molecule has 1 amide bonds. The van der Waals surface area contributed by atoms with Gasteiger partial charge in [0.15, 0.2) is 0 Å². The summed E-state index contributed by atoms with van der Waals surface area (Å²) in [5.41, 5.74) is 3.03. The minimum absolute atomic E-state index is 0.0206. The first-order valence-corrected chi connectivity index (χ1v) is 10.1. The first-order valence-electron chi connectivity index (χ1n) is 9.27. The maximum absolute atomic E-state index is 12.9. The van der Waals surface area contributed by atoms with E-state index in [0.717, 1.165) is 16.0 Å². The quantitative estimate of drug-likeness (QED) is 0.353. The van der Waals surface area contributed by atoms with E-state index >= 15 is 0 Å². The van der Waals surface area contributed by atoms with Gasteiger partial charge in [0.1, 0.15) is 5.69 Å². The molecule has 4 aromatic rings. The van der Waals surface area contributed by atoms with Crippen LogP contribution in [0.2, 0.25) is 0 Å². The van der Waals surface area contributed by atoms with E-state index in [-0.39, 0.29) is 18.1 Å². The molecule has 2 heterocycles. The Morgan fingerprint density at radius 3 is 2.47 bits per heavy atom. The summed E-state index contributed by atoms with van der Waals surface area (Å²) < 4.78 is 1.77. The van der Waals surface area contributed by atoms with Gasteiger partial charge in [-0.05, 0) is 22.6 Å². The molecular formula is C22H18N4O3S. The van der Waals surface area contributed by atoms with Gasteiger partial charge in [0.25, 0.3) is 11.6 Å². The van der Waals surface area contributed by atoms with E-state index in [1.54, 1.807) is 23.0 Å². The summed E-state index contributed by atoms with van der Waals surface area (Å²) in [6.45, 7) is 0.833. The highest BCUT2D eigenvalue weighted by atomic mass is 32.1. The molecule has 0 unspecified atom stereocenters. The number of nitrogens with zero attached hydrogens (tertiary/aromatic N) is 3. The van der Waals surface area contributed by atoms with Crippen LogP contribution in [0.1, 0.15) is 21.5 Å². The maximum atomic E-state index is 12.9.